The van der Waals surface area contributed by atoms with Crippen LogP contribution < -0.4 is 15.8 Å². The molecular formula is C12H20N2O3S. The van der Waals surface area contributed by atoms with Crippen LogP contribution in [0.1, 0.15) is 13.8 Å². The number of ether oxygens (including phenoxy) is 1. The Labute approximate surface area is 108 Å². The van der Waals surface area contributed by atoms with Crippen LogP contribution in [0.4, 0.5) is 11.4 Å². The standard InChI is InChI=1S/C12H20N2O3S/c1-3-17-12-8-10(13)7-11(9-12)14-5-6-18(15,16)4-2/h7-9,14H,3-6,13H2,1-2H3. The largest absolute Gasteiger partial charge is 0.494 e. The van der Waals surface area contributed by atoms with E-state index in [9.17, 15) is 8.42 Å². The second-order valence-electron chi connectivity index (χ2n) is 3.89. The maximum atomic E-state index is 11.3. The minimum atomic E-state index is -2.95. The summed E-state index contributed by atoms with van der Waals surface area (Å²) < 4.78 is 28.0. The van der Waals surface area contributed by atoms with Crippen molar-refractivity contribution in [3.8, 4) is 5.75 Å². The van der Waals surface area contributed by atoms with E-state index in [0.717, 1.165) is 5.69 Å². The van der Waals surface area contributed by atoms with Gasteiger partial charge in [-0.25, -0.2) is 8.42 Å². The highest BCUT2D eigenvalue weighted by Gasteiger charge is 2.07. The van der Waals surface area contributed by atoms with Crippen molar-refractivity contribution < 1.29 is 13.2 Å². The van der Waals surface area contributed by atoms with Gasteiger partial charge >= 0.3 is 0 Å². The van der Waals surface area contributed by atoms with Crippen LogP contribution in [0.15, 0.2) is 18.2 Å². The zero-order chi connectivity index (χ0) is 13.6. The predicted octanol–water partition coefficient (Wildman–Crippen LogP) is 1.51. The second kappa shape index (κ2) is 6.49. The molecule has 0 fully saturated rings. The van der Waals surface area contributed by atoms with Gasteiger partial charge in [-0.15, -0.1) is 0 Å². The van der Waals surface area contributed by atoms with Crippen molar-refractivity contribution in [2.24, 2.45) is 0 Å². The molecule has 1 rings (SSSR count). The SMILES string of the molecule is CCOc1cc(N)cc(NCCS(=O)(=O)CC)c1. The third kappa shape index (κ3) is 4.83. The van der Waals surface area contributed by atoms with Crippen LogP contribution in [0.2, 0.25) is 0 Å². The molecule has 102 valence electrons. The summed E-state index contributed by atoms with van der Waals surface area (Å²) in [5, 5.41) is 3.04. The molecule has 0 saturated heterocycles. The van der Waals surface area contributed by atoms with E-state index in [0.29, 0.717) is 24.6 Å². The fourth-order valence-electron chi connectivity index (χ4n) is 1.47. The van der Waals surface area contributed by atoms with E-state index in [4.69, 9.17) is 10.5 Å². The summed E-state index contributed by atoms with van der Waals surface area (Å²) in [6.07, 6.45) is 0. The molecule has 18 heavy (non-hydrogen) atoms. The van der Waals surface area contributed by atoms with Gasteiger partial charge in [-0.3, -0.25) is 0 Å². The number of anilines is 2. The minimum absolute atomic E-state index is 0.113. The fraction of sp³-hybridized carbons (Fsp3) is 0.500. The Kier molecular flexibility index (Phi) is 5.27. The molecule has 0 amide bonds. The Morgan fingerprint density at radius 3 is 2.61 bits per heavy atom. The minimum Gasteiger partial charge on any atom is -0.494 e. The van der Waals surface area contributed by atoms with Crippen LogP contribution in [-0.2, 0) is 9.84 Å². The highest BCUT2D eigenvalue weighted by Crippen LogP contribution is 2.22. The summed E-state index contributed by atoms with van der Waals surface area (Å²) in [6, 6.07) is 5.29. The monoisotopic (exact) mass is 272 g/mol. The number of nitrogens with one attached hydrogen (secondary N) is 1. The van der Waals surface area contributed by atoms with Crippen LogP contribution in [-0.4, -0.2) is 33.1 Å². The summed E-state index contributed by atoms with van der Waals surface area (Å²) in [4.78, 5) is 0. The molecule has 0 atom stereocenters. The third-order valence-corrected chi connectivity index (χ3v) is 4.13. The average Bonchev–Trinajstić information content (AvgIpc) is 2.28. The van der Waals surface area contributed by atoms with Crippen molar-refractivity contribution >= 4 is 21.2 Å². The molecular weight excluding hydrogens is 252 g/mol. The van der Waals surface area contributed by atoms with Crippen molar-refractivity contribution in [2.75, 3.05) is 35.7 Å². The van der Waals surface area contributed by atoms with Gasteiger partial charge in [0.2, 0.25) is 0 Å². The van der Waals surface area contributed by atoms with E-state index in [1.54, 1.807) is 25.1 Å². The molecule has 0 spiro atoms. The lowest BCUT2D eigenvalue weighted by Gasteiger charge is -2.10. The quantitative estimate of drug-likeness (QED) is 0.735. The summed E-state index contributed by atoms with van der Waals surface area (Å²) >= 11 is 0. The van der Waals surface area contributed by atoms with Gasteiger partial charge in [0.15, 0.2) is 9.84 Å². The molecule has 3 N–H and O–H groups in total. The Hall–Kier alpha value is -1.43. The molecule has 5 nitrogen and oxygen atoms in total. The molecule has 0 heterocycles. The first-order valence-electron chi connectivity index (χ1n) is 5.94. The molecule has 1 aromatic rings. The van der Waals surface area contributed by atoms with Gasteiger partial charge in [0.05, 0.1) is 12.4 Å². The number of hydrogen-bond acceptors (Lipinski definition) is 5. The van der Waals surface area contributed by atoms with E-state index >= 15 is 0 Å². The lowest BCUT2D eigenvalue weighted by atomic mass is 10.2. The molecule has 1 aromatic carbocycles. The molecule has 0 bridgehead atoms. The summed E-state index contributed by atoms with van der Waals surface area (Å²) in [6.45, 7) is 4.46. The Balaban J connectivity index is 2.62. The smallest absolute Gasteiger partial charge is 0.151 e. The summed E-state index contributed by atoms with van der Waals surface area (Å²) in [7, 11) is -2.95. The maximum absolute atomic E-state index is 11.3. The topological polar surface area (TPSA) is 81.4 Å². The molecule has 0 saturated carbocycles. The third-order valence-electron chi connectivity index (χ3n) is 2.42. The van der Waals surface area contributed by atoms with E-state index < -0.39 is 9.84 Å². The molecule has 0 unspecified atom stereocenters. The first kappa shape index (κ1) is 14.6. The zero-order valence-corrected chi connectivity index (χ0v) is 11.6. The molecule has 6 heteroatoms. The van der Waals surface area contributed by atoms with Crippen LogP contribution in [0.25, 0.3) is 0 Å². The first-order chi connectivity index (χ1) is 8.46. The van der Waals surface area contributed by atoms with E-state index in [2.05, 4.69) is 5.32 Å². The van der Waals surface area contributed by atoms with Gasteiger partial charge in [-0.2, -0.15) is 0 Å². The molecule has 0 aliphatic heterocycles. The number of benzene rings is 1. The fourth-order valence-corrected chi connectivity index (χ4v) is 2.17. The molecule has 0 radical (unpaired) electrons. The van der Waals surface area contributed by atoms with Crippen LogP contribution in [0.5, 0.6) is 5.75 Å². The van der Waals surface area contributed by atoms with Crippen molar-refractivity contribution in [3.05, 3.63) is 18.2 Å². The zero-order valence-electron chi connectivity index (χ0n) is 10.8. The number of nitrogens with two attached hydrogens (primary N) is 1. The lowest BCUT2D eigenvalue weighted by molar-refractivity contribution is 0.340. The molecule has 0 aromatic heterocycles. The number of nitrogen functional groups attached to an aromatic ring is 1. The summed E-state index contributed by atoms with van der Waals surface area (Å²) in [5.74, 6) is 0.955. The highest BCUT2D eigenvalue weighted by molar-refractivity contribution is 7.91. The van der Waals surface area contributed by atoms with E-state index in [-0.39, 0.29) is 11.5 Å². The van der Waals surface area contributed by atoms with Crippen molar-refractivity contribution in [3.63, 3.8) is 0 Å². The van der Waals surface area contributed by atoms with E-state index in [1.807, 2.05) is 6.92 Å². The van der Waals surface area contributed by atoms with Gasteiger partial charge in [0, 0.05) is 35.8 Å². The normalized spacial score (nSPS) is 11.2. The number of sulfone groups is 1. The van der Waals surface area contributed by atoms with Gasteiger partial charge in [-0.1, -0.05) is 6.92 Å². The van der Waals surface area contributed by atoms with Gasteiger partial charge < -0.3 is 15.8 Å². The van der Waals surface area contributed by atoms with Gasteiger partial charge in [-0.05, 0) is 13.0 Å². The number of hydrogen-bond donors (Lipinski definition) is 2. The Morgan fingerprint density at radius 1 is 1.28 bits per heavy atom. The van der Waals surface area contributed by atoms with E-state index in [1.165, 1.54) is 0 Å². The van der Waals surface area contributed by atoms with Crippen molar-refractivity contribution in [1.29, 1.82) is 0 Å². The average molecular weight is 272 g/mol. The van der Waals surface area contributed by atoms with Gasteiger partial charge in [0.25, 0.3) is 0 Å². The maximum Gasteiger partial charge on any atom is 0.151 e. The van der Waals surface area contributed by atoms with Crippen LogP contribution >= 0.6 is 0 Å². The van der Waals surface area contributed by atoms with Crippen molar-refractivity contribution in [1.82, 2.24) is 0 Å². The Morgan fingerprint density at radius 2 is 2.00 bits per heavy atom. The molecule has 0 aliphatic rings. The predicted molar refractivity (Wildman–Crippen MR) is 74.8 cm³/mol. The van der Waals surface area contributed by atoms with Gasteiger partial charge in [0.1, 0.15) is 5.75 Å². The van der Waals surface area contributed by atoms with Crippen LogP contribution in [0.3, 0.4) is 0 Å². The van der Waals surface area contributed by atoms with Crippen molar-refractivity contribution in [2.45, 2.75) is 13.8 Å². The molecule has 0 aliphatic carbocycles. The second-order valence-corrected chi connectivity index (χ2v) is 6.36. The van der Waals surface area contributed by atoms with Crippen LogP contribution in [0, 0.1) is 0 Å². The summed E-state index contributed by atoms with van der Waals surface area (Å²) in [5.41, 5.74) is 7.09. The first-order valence-corrected chi connectivity index (χ1v) is 7.76. The highest BCUT2D eigenvalue weighted by atomic mass is 32.2. The Bertz CT molecular complexity index is 486. The number of rotatable bonds is 7. The lowest BCUT2D eigenvalue weighted by Crippen LogP contribution is -2.17.